The van der Waals surface area contributed by atoms with Gasteiger partial charge < -0.3 is 4.42 Å². The van der Waals surface area contributed by atoms with Gasteiger partial charge in [0.1, 0.15) is 11.1 Å². The summed E-state index contributed by atoms with van der Waals surface area (Å²) in [4.78, 5) is 10.0. The van der Waals surface area contributed by atoms with Gasteiger partial charge in [-0.2, -0.15) is 0 Å². The lowest BCUT2D eigenvalue weighted by Crippen LogP contribution is -1.87. The Kier molecular flexibility index (Phi) is 6.42. The van der Waals surface area contributed by atoms with Crippen LogP contribution in [-0.2, 0) is 0 Å². The Morgan fingerprint density at radius 1 is 0.404 bits per heavy atom. The smallest absolute Gasteiger partial charge is 0.246 e. The Labute approximate surface area is 303 Å². The zero-order chi connectivity index (χ0) is 34.2. The molecule has 4 heteroatoms. The van der Waals surface area contributed by atoms with Gasteiger partial charge >= 0.3 is 0 Å². The average Bonchev–Trinajstić information content (AvgIpc) is 3.78. The van der Waals surface area contributed by atoms with Crippen molar-refractivity contribution in [3.63, 3.8) is 0 Å². The molecule has 0 spiro atoms. The van der Waals surface area contributed by atoms with Gasteiger partial charge in [0, 0.05) is 20.2 Å². The first-order valence-corrected chi connectivity index (χ1v) is 18.3. The van der Waals surface area contributed by atoms with Crippen LogP contribution in [0.25, 0.3) is 109 Å². The van der Waals surface area contributed by atoms with Crippen molar-refractivity contribution in [2.75, 3.05) is 0 Å². The summed E-state index contributed by atoms with van der Waals surface area (Å²) < 4.78 is 8.88. The minimum atomic E-state index is 0.562. The number of fused-ring (bicyclic) bond motifs is 9. The lowest BCUT2D eigenvalue weighted by atomic mass is 9.95. The van der Waals surface area contributed by atoms with E-state index >= 15 is 0 Å². The minimum Gasteiger partial charge on any atom is -0.436 e. The Morgan fingerprint density at radius 2 is 1.00 bits per heavy atom. The Hall–Kier alpha value is -6.62. The third kappa shape index (κ3) is 4.58. The fourth-order valence-corrected chi connectivity index (χ4v) is 9.15. The Bertz CT molecular complexity index is 3190. The summed E-state index contributed by atoms with van der Waals surface area (Å²) in [6, 6.07) is 60.6. The largest absolute Gasteiger partial charge is 0.436 e. The van der Waals surface area contributed by atoms with Gasteiger partial charge in [0.05, 0.1) is 16.4 Å². The maximum Gasteiger partial charge on any atom is 0.246 e. The first kappa shape index (κ1) is 29.1. The van der Waals surface area contributed by atoms with E-state index in [-0.39, 0.29) is 0 Å². The molecule has 11 aromatic rings. The Balaban J connectivity index is 0.980. The molecule has 0 unspecified atom stereocenters. The zero-order valence-corrected chi connectivity index (χ0v) is 28.7. The molecule has 0 fully saturated rings. The van der Waals surface area contributed by atoms with E-state index in [2.05, 4.69) is 164 Å². The number of hydrogen-bond donors (Lipinski definition) is 0. The monoisotopic (exact) mass is 680 g/mol. The molecule has 0 amide bonds. The first-order valence-electron chi connectivity index (χ1n) is 17.5. The molecule has 0 N–H and O–H groups in total. The number of furan rings is 1. The van der Waals surface area contributed by atoms with Gasteiger partial charge in [-0.3, -0.25) is 0 Å². The van der Waals surface area contributed by atoms with Crippen molar-refractivity contribution in [1.82, 2.24) is 9.97 Å². The van der Waals surface area contributed by atoms with Crippen LogP contribution >= 0.6 is 11.3 Å². The number of thiophene rings is 1. The molecule has 8 aromatic carbocycles. The molecule has 242 valence electrons. The molecular formula is C48H28N2OS. The second kappa shape index (κ2) is 11.5. The van der Waals surface area contributed by atoms with Crippen molar-refractivity contribution in [1.29, 1.82) is 0 Å². The zero-order valence-electron chi connectivity index (χ0n) is 27.9. The minimum absolute atomic E-state index is 0.562. The van der Waals surface area contributed by atoms with Gasteiger partial charge in [-0.05, 0) is 85.6 Å². The van der Waals surface area contributed by atoms with Crippen molar-refractivity contribution in [3.8, 4) is 44.5 Å². The standard InChI is InChI=1S/C48H28N2OS/c1-2-10-29(11-3-1)37-18-8-20-39-40-21-9-19-38(47(40)52-46(37)39)35-16-7-15-33(27-35)31-13-6-14-32(26-31)34-22-24-41-42(28-34)50-48-45(49-41)44-36-17-5-4-12-30(36)23-25-43(44)51-48/h1-28H. The van der Waals surface area contributed by atoms with Gasteiger partial charge in [0.2, 0.25) is 5.71 Å². The van der Waals surface area contributed by atoms with Gasteiger partial charge in [-0.25, -0.2) is 9.97 Å². The van der Waals surface area contributed by atoms with Gasteiger partial charge in [0.15, 0.2) is 0 Å². The fraction of sp³-hybridized carbons (Fsp3) is 0. The second-order valence-corrected chi connectivity index (χ2v) is 14.4. The van der Waals surface area contributed by atoms with Crippen molar-refractivity contribution < 1.29 is 4.42 Å². The third-order valence-electron chi connectivity index (χ3n) is 10.3. The van der Waals surface area contributed by atoms with Crippen LogP contribution in [0.2, 0.25) is 0 Å². The van der Waals surface area contributed by atoms with Crippen molar-refractivity contribution in [2.24, 2.45) is 0 Å². The second-order valence-electron chi connectivity index (χ2n) is 13.3. The topological polar surface area (TPSA) is 38.9 Å². The molecular weight excluding hydrogens is 653 g/mol. The van der Waals surface area contributed by atoms with Crippen molar-refractivity contribution >= 4 is 75.5 Å². The van der Waals surface area contributed by atoms with E-state index in [0.29, 0.717) is 5.71 Å². The lowest BCUT2D eigenvalue weighted by Gasteiger charge is -2.10. The Morgan fingerprint density at radius 3 is 1.77 bits per heavy atom. The predicted octanol–water partition coefficient (Wildman–Crippen LogP) is 13.7. The van der Waals surface area contributed by atoms with Crippen LogP contribution in [0.15, 0.2) is 174 Å². The van der Waals surface area contributed by atoms with E-state index in [0.717, 1.165) is 49.4 Å². The van der Waals surface area contributed by atoms with E-state index in [4.69, 9.17) is 14.4 Å². The molecule has 52 heavy (non-hydrogen) atoms. The molecule has 0 radical (unpaired) electrons. The molecule has 3 heterocycles. The van der Waals surface area contributed by atoms with E-state index in [1.54, 1.807) is 0 Å². The molecule has 0 atom stereocenters. The van der Waals surface area contributed by atoms with Crippen LogP contribution in [0.1, 0.15) is 0 Å². The summed E-state index contributed by atoms with van der Waals surface area (Å²) in [6.07, 6.45) is 0. The van der Waals surface area contributed by atoms with Gasteiger partial charge in [-0.1, -0.05) is 140 Å². The number of rotatable bonds is 4. The molecule has 0 aliphatic rings. The summed E-state index contributed by atoms with van der Waals surface area (Å²) in [5.74, 6) is 0. The molecule has 0 bridgehead atoms. The molecule has 11 rings (SSSR count). The molecule has 0 aliphatic heterocycles. The molecule has 0 saturated heterocycles. The summed E-state index contributed by atoms with van der Waals surface area (Å²) >= 11 is 1.89. The highest BCUT2D eigenvalue weighted by Gasteiger charge is 2.16. The summed E-state index contributed by atoms with van der Waals surface area (Å²) in [7, 11) is 0. The number of nitrogens with zero attached hydrogens (tertiary/aromatic N) is 2. The predicted molar refractivity (Wildman–Crippen MR) is 219 cm³/mol. The quantitative estimate of drug-likeness (QED) is 0.186. The number of aromatic nitrogens is 2. The van der Waals surface area contributed by atoms with Crippen LogP contribution in [0, 0.1) is 0 Å². The fourth-order valence-electron chi connectivity index (χ4n) is 7.77. The maximum atomic E-state index is 6.24. The van der Waals surface area contributed by atoms with Crippen molar-refractivity contribution in [2.45, 2.75) is 0 Å². The molecule has 0 aliphatic carbocycles. The van der Waals surface area contributed by atoms with E-state index in [1.807, 2.05) is 17.4 Å². The highest BCUT2D eigenvalue weighted by Crippen LogP contribution is 2.44. The first-order chi connectivity index (χ1) is 25.7. The summed E-state index contributed by atoms with van der Waals surface area (Å²) in [5, 5.41) is 5.91. The van der Waals surface area contributed by atoms with Crippen LogP contribution in [0.5, 0.6) is 0 Å². The van der Waals surface area contributed by atoms with Crippen LogP contribution in [0.3, 0.4) is 0 Å². The number of benzene rings is 8. The highest BCUT2D eigenvalue weighted by atomic mass is 32.1. The van der Waals surface area contributed by atoms with Gasteiger partial charge in [0.25, 0.3) is 0 Å². The molecule has 3 aromatic heterocycles. The highest BCUT2D eigenvalue weighted by molar-refractivity contribution is 7.26. The van der Waals surface area contributed by atoms with Crippen molar-refractivity contribution in [3.05, 3.63) is 170 Å². The van der Waals surface area contributed by atoms with E-state index in [9.17, 15) is 0 Å². The van der Waals surface area contributed by atoms with E-state index in [1.165, 1.54) is 53.6 Å². The summed E-state index contributed by atoms with van der Waals surface area (Å²) in [6.45, 7) is 0. The van der Waals surface area contributed by atoms with Crippen LogP contribution < -0.4 is 0 Å². The molecule has 3 nitrogen and oxygen atoms in total. The summed E-state index contributed by atoms with van der Waals surface area (Å²) in [5.41, 5.74) is 13.4. The number of hydrogen-bond acceptors (Lipinski definition) is 4. The van der Waals surface area contributed by atoms with E-state index < -0.39 is 0 Å². The normalized spacial score (nSPS) is 11.8. The SMILES string of the molecule is c1ccc(-c2cccc3c2sc2c(-c4cccc(-c5cccc(-c6ccc7nc8c(nc7c6)oc6ccc7ccccc7c68)c5)c4)cccc23)cc1. The maximum absolute atomic E-state index is 6.24. The average molecular weight is 681 g/mol. The third-order valence-corrected chi connectivity index (χ3v) is 11.6. The van der Waals surface area contributed by atoms with Gasteiger partial charge in [-0.15, -0.1) is 11.3 Å². The van der Waals surface area contributed by atoms with Crippen LogP contribution in [0.4, 0.5) is 0 Å². The van der Waals surface area contributed by atoms with Crippen LogP contribution in [-0.4, -0.2) is 9.97 Å². The molecule has 0 saturated carbocycles. The lowest BCUT2D eigenvalue weighted by molar-refractivity contribution is 0.655.